The molecule has 140 heavy (non-hydrogen) atoms. The van der Waals surface area contributed by atoms with Gasteiger partial charge in [-0.2, -0.15) is 0 Å². The number of nitrogens with one attached hydrogen (secondary N) is 18. The van der Waals surface area contributed by atoms with Crippen LogP contribution in [0.1, 0.15) is 212 Å². The van der Waals surface area contributed by atoms with Gasteiger partial charge in [0, 0.05) is 52.0 Å². The Balaban J connectivity index is 1.81. The number of amides is 18. The van der Waals surface area contributed by atoms with Gasteiger partial charge in [0.25, 0.3) is 0 Å². The molecule has 0 radical (unpaired) electrons. The first kappa shape index (κ1) is 121. The van der Waals surface area contributed by atoms with Crippen LogP contribution in [0.25, 0.3) is 0 Å². The zero-order valence-electron chi connectivity index (χ0n) is 81.5. The molecule has 18 amide bonds. The largest absolute Gasteiger partial charge is 0.481 e. The molecule has 3 saturated heterocycles. The molecule has 53 nitrogen and oxygen atoms in total. The first-order chi connectivity index (χ1) is 65.7. The molecule has 3 fully saturated rings. The van der Waals surface area contributed by atoms with Gasteiger partial charge < -0.3 is 158 Å². The number of aliphatic hydroxyl groups excluding tert-OH is 4. The summed E-state index contributed by atoms with van der Waals surface area (Å²) in [6.07, 6.45) is -3.63. The molecule has 0 aromatic heterocycles. The van der Waals surface area contributed by atoms with E-state index in [1.165, 1.54) is 30.6 Å². The van der Waals surface area contributed by atoms with Gasteiger partial charge in [-0.05, 0) is 133 Å². The summed E-state index contributed by atoms with van der Waals surface area (Å²) in [6, 6.07) is -28.1. The molecule has 3 heterocycles. The molecule has 0 bridgehead atoms. The number of rotatable bonds is 62. The number of hydrogen-bond donors (Lipinski definition) is 29. The average molecular weight is 1990 g/mol. The molecule has 0 spiro atoms. The minimum Gasteiger partial charge on any atom is -0.481 e. The number of primary amides is 1. The van der Waals surface area contributed by atoms with E-state index < -0.39 is 327 Å². The number of nitrogens with zero attached hydrogens (tertiary/aromatic N) is 3. The minimum absolute atomic E-state index is 0.0519. The van der Waals surface area contributed by atoms with Gasteiger partial charge in [-0.15, -0.1) is 0 Å². The van der Waals surface area contributed by atoms with Crippen molar-refractivity contribution in [2.75, 3.05) is 52.5 Å². The summed E-state index contributed by atoms with van der Waals surface area (Å²) in [5.74, 6) is -26.3. The summed E-state index contributed by atoms with van der Waals surface area (Å²) >= 11 is 0. The van der Waals surface area contributed by atoms with Gasteiger partial charge in [0.15, 0.2) is 11.9 Å². The third-order valence-electron chi connectivity index (χ3n) is 24.5. The van der Waals surface area contributed by atoms with E-state index in [4.69, 9.17) is 33.8 Å². The van der Waals surface area contributed by atoms with Crippen LogP contribution in [-0.2, 0) is 101 Å². The summed E-state index contributed by atoms with van der Waals surface area (Å²) < 4.78 is 0. The fourth-order valence-corrected chi connectivity index (χ4v) is 15.7. The maximum absolute atomic E-state index is 14.8. The van der Waals surface area contributed by atoms with Crippen molar-refractivity contribution in [3.63, 3.8) is 0 Å². The van der Waals surface area contributed by atoms with Gasteiger partial charge in [-0.3, -0.25) is 107 Å². The average Bonchev–Trinajstić information content (AvgIpc) is 1.64. The second kappa shape index (κ2) is 60.3. The minimum atomic E-state index is -1.92. The number of carbonyl (C=O) groups excluding carboxylic acids is 18. The number of carbonyl (C=O) groups is 21. The Labute approximate surface area is 811 Å². The van der Waals surface area contributed by atoms with Gasteiger partial charge in [-0.25, -0.2) is 4.79 Å². The standard InChI is InChI=1S/C87H149N25O28/c1-13-43(8)64(79(133)98-49(26-29-60(89)117)70(124)100-52(28-31-62(120)121)83(137)110-34-18-23-57(110)75(129)104-55(39-114)73(127)103-54(38-113)72(126)101-53(85(139)140)22-17-33-95-87(92)93)106-71(125)50(27-30-61(118)119)97-78(132)63(42(6)7)105-74(128)56(40-115)102-68(122)46(11)96-81(135)67(47(12)116)109-80(134)65(44(9)14-2)107-76(130)59-25-20-36-112(59)84(138)66(45(10)15-3)108-77(131)58-24-19-35-111(58)82(136)51(21-16-32-94-86(90)91)99-69(123)48(88)37-41(4)5/h41-59,63-67,113-116H,13-40,88H2,1-12H3,(H2,89,117)(H,96,135)(H,97,132)(H,98,133)(H,99,123)(H,100,124)(H,101,126)(H,102,122)(H,103,127)(H,104,129)(H,105,128)(H,106,125)(H,107,130)(H,108,131)(H,109,134)(H,118,119)(H,120,121)(H,139,140)(H4,90,91,94)(H4,92,93,95)/t43-,44-,45-,46-,47+,48-,49-,50-,51-,52-,53-,54-,55-,56-,57-,58-,59-,63-,64-,65-,66-,67-/m0/s1. The summed E-state index contributed by atoms with van der Waals surface area (Å²) in [5, 5.41) is 125. The fraction of sp³-hybridized carbons (Fsp3) is 0.736. The molecule has 53 heteroatoms. The van der Waals surface area contributed by atoms with Crippen LogP contribution in [0.15, 0.2) is 0 Å². The summed E-state index contributed by atoms with van der Waals surface area (Å²) in [5.41, 5.74) is 22.4. The smallest absolute Gasteiger partial charge is 0.326 e. The van der Waals surface area contributed by atoms with Crippen LogP contribution in [0.5, 0.6) is 0 Å². The van der Waals surface area contributed by atoms with Crippen LogP contribution >= 0.6 is 0 Å². The second-order valence-electron chi connectivity index (χ2n) is 36.3. The predicted molar refractivity (Wildman–Crippen MR) is 499 cm³/mol. The predicted octanol–water partition coefficient (Wildman–Crippen LogP) is -9.10. The number of guanidine groups is 2. The first-order valence-corrected chi connectivity index (χ1v) is 47.3. The SMILES string of the molecule is CC[C@H](C)[C@H](NC(=O)[C@H](CCC(=O)O)NC(=O)[C@@H](NC(=O)[C@H](CO)NC(=O)[C@H](C)NC(=O)[C@@H](NC(=O)[C@@H](NC(=O)[C@@H]1CCCN1C(=O)[C@@H](NC(=O)[C@@H]1CCCN1C(=O)[C@H](CCCNC(=N)N)NC(=O)[C@@H](N)CC(C)C)[C@@H](C)CC)[C@@H](C)CC)[C@@H](C)O)C(C)C)C(=O)N[C@@H](CCC(N)=O)C(=O)N[C@@H](CCC(=O)O)C(=O)N1CCC[C@H]1C(=O)N[C@@H](CO)C(=O)N[C@@H](CO)C(=O)N[C@@H](CCCNC(=N)N)C(=O)O. The number of aliphatic hydroxyl groups is 4. The number of hydrogen-bond acceptors (Lipinski definition) is 28. The van der Waals surface area contributed by atoms with Gasteiger partial charge in [0.2, 0.25) is 106 Å². The molecule has 3 aliphatic heterocycles. The lowest BCUT2D eigenvalue weighted by Gasteiger charge is -2.34. The first-order valence-electron chi connectivity index (χ1n) is 47.3. The molecule has 0 aromatic rings. The lowest BCUT2D eigenvalue weighted by Crippen LogP contribution is -2.63. The zero-order chi connectivity index (χ0) is 106. The van der Waals surface area contributed by atoms with Crippen molar-refractivity contribution in [3.8, 4) is 0 Å². The van der Waals surface area contributed by atoms with Crippen LogP contribution in [0, 0.1) is 40.4 Å². The highest BCUT2D eigenvalue weighted by atomic mass is 16.4. The Bertz CT molecular complexity index is 4320. The van der Waals surface area contributed by atoms with E-state index in [1.54, 1.807) is 34.6 Å². The van der Waals surface area contributed by atoms with E-state index in [9.17, 15) is 136 Å². The summed E-state index contributed by atoms with van der Waals surface area (Å²) in [7, 11) is 0. The highest BCUT2D eigenvalue weighted by Gasteiger charge is 2.47. The lowest BCUT2D eigenvalue weighted by atomic mass is 9.96. The molecule has 3 rings (SSSR count). The normalized spacial score (nSPS) is 18.6. The molecule has 0 unspecified atom stereocenters. The van der Waals surface area contributed by atoms with Crippen molar-refractivity contribution in [2.45, 2.75) is 326 Å². The van der Waals surface area contributed by atoms with Crippen molar-refractivity contribution in [2.24, 2.45) is 52.5 Å². The van der Waals surface area contributed by atoms with Crippen molar-refractivity contribution in [1.29, 1.82) is 10.8 Å². The van der Waals surface area contributed by atoms with E-state index in [0.29, 0.717) is 32.1 Å². The van der Waals surface area contributed by atoms with Crippen LogP contribution in [-0.4, -0.2) is 354 Å². The Kier molecular flexibility index (Phi) is 52.2. The molecule has 22 atom stereocenters. The fourth-order valence-electron chi connectivity index (χ4n) is 15.7. The Morgan fingerprint density at radius 2 is 0.679 bits per heavy atom. The van der Waals surface area contributed by atoms with E-state index in [2.05, 4.69) is 85.1 Å². The molecule has 0 saturated carbocycles. The molecule has 0 aliphatic carbocycles. The molecule has 790 valence electrons. The molecule has 0 aromatic carbocycles. The molecular formula is C87H149N25O28. The van der Waals surface area contributed by atoms with Crippen LogP contribution in [0.4, 0.5) is 0 Å². The van der Waals surface area contributed by atoms with Gasteiger partial charge in [0.1, 0.15) is 103 Å². The highest BCUT2D eigenvalue weighted by molar-refractivity contribution is 6.02. The number of nitrogens with two attached hydrogens (primary N) is 4. The maximum Gasteiger partial charge on any atom is 0.326 e. The van der Waals surface area contributed by atoms with E-state index in [1.807, 2.05) is 13.8 Å². The van der Waals surface area contributed by atoms with E-state index in [-0.39, 0.29) is 102 Å². The number of likely N-dealkylation sites (tertiary alicyclic amines) is 3. The second-order valence-corrected chi connectivity index (χ2v) is 36.3. The monoisotopic (exact) mass is 1990 g/mol. The van der Waals surface area contributed by atoms with Gasteiger partial charge in [0.05, 0.1) is 32.0 Å². The zero-order valence-corrected chi connectivity index (χ0v) is 81.5. The highest BCUT2D eigenvalue weighted by Crippen LogP contribution is 2.27. The van der Waals surface area contributed by atoms with Gasteiger partial charge in [-0.1, -0.05) is 88.5 Å². The Morgan fingerprint density at radius 1 is 0.357 bits per heavy atom. The quantitative estimate of drug-likeness (QED) is 0.0153. The third kappa shape index (κ3) is 39.1. The van der Waals surface area contributed by atoms with E-state index >= 15 is 0 Å². The lowest BCUT2D eigenvalue weighted by molar-refractivity contribution is -0.145. The third-order valence-corrected chi connectivity index (χ3v) is 24.5. The molecule has 33 N–H and O–H groups in total. The number of aliphatic carboxylic acids is 3. The van der Waals surface area contributed by atoms with Crippen LogP contribution in [0.3, 0.4) is 0 Å². The maximum atomic E-state index is 14.8. The Morgan fingerprint density at radius 3 is 1.10 bits per heavy atom. The molecular weight excluding hydrogens is 1840 g/mol. The van der Waals surface area contributed by atoms with E-state index in [0.717, 1.165) is 18.7 Å². The summed E-state index contributed by atoms with van der Waals surface area (Å²) in [4.78, 5) is 293. The Hall–Kier alpha value is -12.8. The van der Waals surface area contributed by atoms with Crippen molar-refractivity contribution >= 4 is 136 Å². The number of carboxylic acids is 3. The summed E-state index contributed by atoms with van der Waals surface area (Å²) in [6.45, 7) is 15.5. The number of carboxylic acid groups (broad SMARTS) is 3. The van der Waals surface area contributed by atoms with Crippen molar-refractivity contribution in [3.05, 3.63) is 0 Å². The molecule has 3 aliphatic rings. The van der Waals surface area contributed by atoms with Crippen LogP contribution < -0.4 is 108 Å². The van der Waals surface area contributed by atoms with Gasteiger partial charge >= 0.3 is 17.9 Å². The van der Waals surface area contributed by atoms with Crippen LogP contribution in [0.2, 0.25) is 0 Å². The van der Waals surface area contributed by atoms with Crippen molar-refractivity contribution in [1.82, 2.24) is 99.8 Å². The topological polar surface area (TPSA) is 854 Å². The van der Waals surface area contributed by atoms with Crippen molar-refractivity contribution < 1.29 is 136 Å².